The number of nitrogens with zero attached hydrogens (tertiary/aromatic N) is 2. The lowest BCUT2D eigenvalue weighted by molar-refractivity contribution is 0.153. The number of nitrogens with one attached hydrogen (secondary N) is 1. The Morgan fingerprint density at radius 1 is 1.21 bits per heavy atom. The van der Waals surface area contributed by atoms with Gasteiger partial charge < -0.3 is 15.1 Å². The van der Waals surface area contributed by atoms with E-state index < -0.39 is 0 Å². The van der Waals surface area contributed by atoms with Crippen molar-refractivity contribution in [2.75, 3.05) is 46.8 Å². The second-order valence-corrected chi connectivity index (χ2v) is 6.92. The van der Waals surface area contributed by atoms with Gasteiger partial charge in [-0.05, 0) is 71.8 Å². The molecule has 0 radical (unpaired) electrons. The van der Waals surface area contributed by atoms with E-state index in [9.17, 15) is 0 Å². The summed E-state index contributed by atoms with van der Waals surface area (Å²) in [7, 11) is 4.52. The number of likely N-dealkylation sites (tertiary alicyclic amines) is 1. The van der Waals surface area contributed by atoms with E-state index in [-0.39, 0.29) is 0 Å². The zero-order chi connectivity index (χ0) is 14.3. The summed E-state index contributed by atoms with van der Waals surface area (Å²) in [5, 5.41) is 3.59. The van der Waals surface area contributed by atoms with Crippen molar-refractivity contribution < 1.29 is 0 Å². The Morgan fingerprint density at radius 2 is 1.84 bits per heavy atom. The van der Waals surface area contributed by atoms with Gasteiger partial charge in [-0.25, -0.2) is 0 Å². The topological polar surface area (TPSA) is 18.5 Å². The summed E-state index contributed by atoms with van der Waals surface area (Å²) in [5.74, 6) is 1.71. The summed E-state index contributed by atoms with van der Waals surface area (Å²) in [6.45, 7) is 13.0. The number of piperidine rings is 1. The van der Waals surface area contributed by atoms with E-state index in [4.69, 9.17) is 0 Å². The van der Waals surface area contributed by atoms with Crippen LogP contribution in [0.2, 0.25) is 0 Å². The highest BCUT2D eigenvalue weighted by atomic mass is 15.2. The minimum absolute atomic E-state index is 0.645. The van der Waals surface area contributed by atoms with Crippen LogP contribution in [-0.4, -0.2) is 62.7 Å². The van der Waals surface area contributed by atoms with Gasteiger partial charge in [-0.15, -0.1) is 0 Å². The number of rotatable bonds is 8. The molecule has 0 aromatic rings. The molecule has 0 spiro atoms. The van der Waals surface area contributed by atoms with E-state index in [2.05, 4.69) is 50.0 Å². The van der Waals surface area contributed by atoms with E-state index >= 15 is 0 Å². The highest BCUT2D eigenvalue weighted by Crippen LogP contribution is 2.17. The van der Waals surface area contributed by atoms with Gasteiger partial charge in [0.25, 0.3) is 0 Å². The molecule has 3 heteroatoms. The predicted molar refractivity (Wildman–Crippen MR) is 84.6 cm³/mol. The van der Waals surface area contributed by atoms with Crippen molar-refractivity contribution >= 4 is 0 Å². The highest BCUT2D eigenvalue weighted by Gasteiger charge is 2.19. The largest absolute Gasteiger partial charge is 0.315 e. The Labute approximate surface area is 120 Å². The Hall–Kier alpha value is -0.120. The summed E-state index contributed by atoms with van der Waals surface area (Å²) in [6, 6.07) is 0.645. The molecular formula is C16H35N3. The monoisotopic (exact) mass is 269 g/mol. The molecule has 0 amide bonds. The molecule has 0 saturated carbocycles. The normalized spacial score (nSPS) is 20.4. The van der Waals surface area contributed by atoms with E-state index in [0.717, 1.165) is 24.9 Å². The van der Waals surface area contributed by atoms with Crippen molar-refractivity contribution in [3.8, 4) is 0 Å². The third kappa shape index (κ3) is 7.28. The van der Waals surface area contributed by atoms with Crippen LogP contribution < -0.4 is 5.32 Å². The standard InChI is InChI=1S/C16H35N3/c1-14(2)6-9-17-12-15(3)19(5)13-16-7-10-18(4)11-8-16/h14-17H,6-13H2,1-5H3. The molecule has 19 heavy (non-hydrogen) atoms. The Morgan fingerprint density at radius 3 is 2.42 bits per heavy atom. The lowest BCUT2D eigenvalue weighted by atomic mass is 9.96. The third-order valence-corrected chi connectivity index (χ3v) is 4.47. The van der Waals surface area contributed by atoms with Gasteiger partial charge in [0.05, 0.1) is 0 Å². The fourth-order valence-corrected chi connectivity index (χ4v) is 2.69. The fraction of sp³-hybridized carbons (Fsp3) is 1.00. The van der Waals surface area contributed by atoms with E-state index in [0.29, 0.717) is 6.04 Å². The minimum Gasteiger partial charge on any atom is -0.315 e. The van der Waals surface area contributed by atoms with E-state index in [1.54, 1.807) is 0 Å². The molecule has 1 saturated heterocycles. The van der Waals surface area contributed by atoms with Crippen molar-refractivity contribution in [3.05, 3.63) is 0 Å². The first-order valence-corrected chi connectivity index (χ1v) is 8.08. The average molecular weight is 269 g/mol. The Bertz CT molecular complexity index is 222. The van der Waals surface area contributed by atoms with Crippen LogP contribution in [0.15, 0.2) is 0 Å². The smallest absolute Gasteiger partial charge is 0.0189 e. The van der Waals surface area contributed by atoms with Crippen molar-refractivity contribution in [1.29, 1.82) is 0 Å². The van der Waals surface area contributed by atoms with Gasteiger partial charge in [0.1, 0.15) is 0 Å². The van der Waals surface area contributed by atoms with Crippen LogP contribution in [0.3, 0.4) is 0 Å². The molecule has 1 aliphatic rings. The van der Waals surface area contributed by atoms with E-state index in [1.165, 1.54) is 38.9 Å². The average Bonchev–Trinajstić information content (AvgIpc) is 2.36. The van der Waals surface area contributed by atoms with Gasteiger partial charge in [0.15, 0.2) is 0 Å². The van der Waals surface area contributed by atoms with Gasteiger partial charge >= 0.3 is 0 Å². The summed E-state index contributed by atoms with van der Waals surface area (Å²) >= 11 is 0. The third-order valence-electron chi connectivity index (χ3n) is 4.47. The second-order valence-electron chi connectivity index (χ2n) is 6.92. The summed E-state index contributed by atoms with van der Waals surface area (Å²) in [5.41, 5.74) is 0. The van der Waals surface area contributed by atoms with Gasteiger partial charge in [-0.3, -0.25) is 0 Å². The van der Waals surface area contributed by atoms with Crippen LogP contribution in [0.1, 0.15) is 40.0 Å². The van der Waals surface area contributed by atoms with Crippen LogP contribution in [0.4, 0.5) is 0 Å². The van der Waals surface area contributed by atoms with Crippen LogP contribution in [0.5, 0.6) is 0 Å². The first-order chi connectivity index (χ1) is 8.99. The SMILES string of the molecule is CC(C)CCNCC(C)N(C)CC1CCN(C)CC1. The molecule has 1 fully saturated rings. The first-order valence-electron chi connectivity index (χ1n) is 8.08. The van der Waals surface area contributed by atoms with Crippen LogP contribution >= 0.6 is 0 Å². The molecule has 0 aromatic heterocycles. The molecule has 3 nitrogen and oxygen atoms in total. The highest BCUT2D eigenvalue weighted by molar-refractivity contribution is 4.75. The maximum absolute atomic E-state index is 3.59. The van der Waals surface area contributed by atoms with Crippen LogP contribution in [0, 0.1) is 11.8 Å². The summed E-state index contributed by atoms with van der Waals surface area (Å²) < 4.78 is 0. The minimum atomic E-state index is 0.645. The molecule has 0 bridgehead atoms. The molecule has 1 unspecified atom stereocenters. The molecule has 114 valence electrons. The zero-order valence-corrected chi connectivity index (χ0v) is 13.8. The molecule has 1 atom stereocenters. The summed E-state index contributed by atoms with van der Waals surface area (Å²) in [4.78, 5) is 4.99. The maximum Gasteiger partial charge on any atom is 0.0189 e. The molecule has 0 aliphatic carbocycles. The van der Waals surface area contributed by atoms with Gasteiger partial charge in [0, 0.05) is 19.1 Å². The Kier molecular flexibility index (Phi) is 7.96. The second kappa shape index (κ2) is 8.93. The number of hydrogen-bond donors (Lipinski definition) is 1. The first kappa shape index (κ1) is 16.9. The van der Waals surface area contributed by atoms with Crippen molar-refractivity contribution in [2.24, 2.45) is 11.8 Å². The number of hydrogen-bond acceptors (Lipinski definition) is 3. The van der Waals surface area contributed by atoms with Crippen molar-refractivity contribution in [1.82, 2.24) is 15.1 Å². The quantitative estimate of drug-likeness (QED) is 0.682. The fourth-order valence-electron chi connectivity index (χ4n) is 2.69. The van der Waals surface area contributed by atoms with Gasteiger partial charge in [0.2, 0.25) is 0 Å². The molecular weight excluding hydrogens is 234 g/mol. The van der Waals surface area contributed by atoms with Crippen molar-refractivity contribution in [2.45, 2.75) is 46.1 Å². The lowest BCUT2D eigenvalue weighted by Crippen LogP contribution is -2.42. The molecule has 1 heterocycles. The summed E-state index contributed by atoms with van der Waals surface area (Å²) in [6.07, 6.45) is 4.02. The lowest BCUT2D eigenvalue weighted by Gasteiger charge is -2.34. The van der Waals surface area contributed by atoms with Gasteiger partial charge in [-0.2, -0.15) is 0 Å². The molecule has 0 aromatic carbocycles. The van der Waals surface area contributed by atoms with Crippen LogP contribution in [0.25, 0.3) is 0 Å². The number of likely N-dealkylation sites (N-methyl/N-ethyl adjacent to an activating group) is 1. The van der Waals surface area contributed by atoms with Crippen molar-refractivity contribution in [3.63, 3.8) is 0 Å². The molecule has 1 rings (SSSR count). The zero-order valence-electron chi connectivity index (χ0n) is 13.8. The van der Waals surface area contributed by atoms with Gasteiger partial charge in [-0.1, -0.05) is 13.8 Å². The molecule has 1 N–H and O–H groups in total. The maximum atomic E-state index is 3.59. The molecule has 1 aliphatic heterocycles. The Balaban J connectivity index is 2.12. The van der Waals surface area contributed by atoms with E-state index in [1.807, 2.05) is 0 Å². The predicted octanol–water partition coefficient (Wildman–Crippen LogP) is 2.28. The van der Waals surface area contributed by atoms with Crippen LogP contribution in [-0.2, 0) is 0 Å².